The van der Waals surface area contributed by atoms with Gasteiger partial charge >= 0.3 is 11.9 Å². The molecule has 2 fully saturated rings. The van der Waals surface area contributed by atoms with Gasteiger partial charge < -0.3 is 4.74 Å². The normalized spacial score (nSPS) is 19.4. The number of hydrogen-bond acceptors (Lipinski definition) is 4. The third kappa shape index (κ3) is 3.35. The largest absolute Gasteiger partial charge is 0.473 e. The number of carbonyl (C=O) groups is 1. The molecule has 2 aliphatic heterocycles. The number of hydrogen-bond donors (Lipinski definition) is 0. The summed E-state index contributed by atoms with van der Waals surface area (Å²) >= 11 is 6.03. The molecule has 2 aromatic rings. The molecule has 0 bridgehead atoms. The second kappa shape index (κ2) is 7.15. The van der Waals surface area contributed by atoms with Crippen molar-refractivity contribution in [1.29, 1.82) is 0 Å². The smallest absolute Gasteiger partial charge is 0.341 e. The predicted molar refractivity (Wildman–Crippen MR) is 98.8 cm³/mol. The third-order valence-electron chi connectivity index (χ3n) is 4.88. The van der Waals surface area contributed by atoms with Crippen molar-refractivity contribution in [2.24, 2.45) is 0 Å². The van der Waals surface area contributed by atoms with Crippen molar-refractivity contribution in [2.45, 2.75) is 32.4 Å². The molecule has 4 rings (SSSR count). The number of benzene rings is 1. The first-order valence-corrected chi connectivity index (χ1v) is 9.31. The summed E-state index contributed by atoms with van der Waals surface area (Å²) in [6.07, 6.45) is 3.36. The molecule has 0 saturated carbocycles. The highest BCUT2D eigenvalue weighted by molar-refractivity contribution is 6.31. The van der Waals surface area contributed by atoms with Gasteiger partial charge in [-0.25, -0.2) is 4.98 Å². The molecule has 0 spiro atoms. The average Bonchev–Trinajstić information content (AvgIpc) is 2.94. The van der Waals surface area contributed by atoms with Gasteiger partial charge in [0, 0.05) is 23.8 Å². The first-order valence-electron chi connectivity index (χ1n) is 8.93. The first-order chi connectivity index (χ1) is 13.0. The van der Waals surface area contributed by atoms with E-state index < -0.39 is 6.04 Å². The number of nitrogens with zero attached hydrogens (tertiary/aromatic N) is 4. The van der Waals surface area contributed by atoms with Gasteiger partial charge in [0.15, 0.2) is 4.87 Å². The molecule has 1 aromatic heterocycles. The van der Waals surface area contributed by atoms with Gasteiger partial charge in [0.1, 0.15) is 13.2 Å². The Bertz CT molecular complexity index is 863. The van der Waals surface area contributed by atoms with E-state index in [2.05, 4.69) is 4.98 Å². The topological polar surface area (TPSA) is 65.8 Å². The van der Waals surface area contributed by atoms with E-state index in [1.807, 2.05) is 25.1 Å². The van der Waals surface area contributed by atoms with Gasteiger partial charge in [-0.15, -0.1) is 0 Å². The van der Waals surface area contributed by atoms with E-state index in [-0.39, 0.29) is 5.91 Å². The molecule has 27 heavy (non-hydrogen) atoms. The number of amides is 1. The van der Waals surface area contributed by atoms with Gasteiger partial charge in [-0.3, -0.25) is 4.79 Å². The van der Waals surface area contributed by atoms with Crippen LogP contribution in [0.1, 0.15) is 35.6 Å². The fourth-order valence-corrected chi connectivity index (χ4v) is 3.53. The Labute approximate surface area is 162 Å². The molecule has 3 heterocycles. The van der Waals surface area contributed by atoms with Crippen LogP contribution in [0.3, 0.4) is 0 Å². The Morgan fingerprint density at radius 2 is 2.07 bits per heavy atom. The number of hydrazine groups is 2. The van der Waals surface area contributed by atoms with Crippen molar-refractivity contribution >= 4 is 17.5 Å². The number of aryl methyl sites for hydroxylation is 1. The van der Waals surface area contributed by atoms with E-state index >= 15 is 0 Å². The quantitative estimate of drug-likeness (QED) is 0.754. The van der Waals surface area contributed by atoms with E-state index in [4.69, 9.17) is 16.3 Å². The molecule has 1 atom stereocenters. The highest BCUT2D eigenvalue weighted by atomic mass is 35.5. The molecule has 2 saturated heterocycles. The summed E-state index contributed by atoms with van der Waals surface area (Å²) in [5.41, 5.74) is 2.55. The minimum Gasteiger partial charge on any atom is -0.473 e. The van der Waals surface area contributed by atoms with E-state index in [0.717, 1.165) is 33.9 Å². The maximum absolute atomic E-state index is 12.6. The van der Waals surface area contributed by atoms with Crippen LogP contribution in [0.5, 0.6) is 5.88 Å². The van der Waals surface area contributed by atoms with Crippen molar-refractivity contribution < 1.29 is 14.4 Å². The summed E-state index contributed by atoms with van der Waals surface area (Å²) in [4.78, 5) is 30.1. The maximum Gasteiger partial charge on any atom is 0.341 e. The summed E-state index contributed by atoms with van der Waals surface area (Å²) in [6, 6.07) is 8.25. The Morgan fingerprint density at radius 1 is 1.26 bits per heavy atom. The Hall–Kier alpha value is -2.67. The number of rotatable bonds is 4. The van der Waals surface area contributed by atoms with Crippen molar-refractivity contribution in [3.63, 3.8) is 0 Å². The number of nitroso groups, excluding NO2 is 1. The van der Waals surface area contributed by atoms with Crippen LogP contribution in [0.4, 0.5) is 0 Å². The summed E-state index contributed by atoms with van der Waals surface area (Å²) in [5.74, 6) is 0.240. The molecule has 0 N–H and O–H groups in total. The van der Waals surface area contributed by atoms with Gasteiger partial charge in [-0.2, -0.15) is 5.01 Å². The zero-order chi connectivity index (χ0) is 19.0. The molecule has 2 aliphatic rings. The summed E-state index contributed by atoms with van der Waals surface area (Å²) in [7, 11) is 0. The van der Waals surface area contributed by atoms with Crippen molar-refractivity contribution in [3.8, 4) is 5.88 Å². The molecule has 1 aromatic carbocycles. The number of ether oxygens (including phenoxy) is 1. The lowest BCUT2D eigenvalue weighted by Crippen LogP contribution is -2.45. The van der Waals surface area contributed by atoms with Crippen molar-refractivity contribution in [2.75, 3.05) is 13.1 Å². The van der Waals surface area contributed by atoms with Crippen LogP contribution in [-0.2, 0) is 11.4 Å². The van der Waals surface area contributed by atoms with Gasteiger partial charge in [-0.1, -0.05) is 23.7 Å². The van der Waals surface area contributed by atoms with Crippen LogP contribution in [-0.4, -0.2) is 39.0 Å². The zero-order valence-corrected chi connectivity index (χ0v) is 15.7. The van der Waals surface area contributed by atoms with Crippen LogP contribution < -0.4 is 4.74 Å². The number of aromatic nitrogens is 1. The lowest BCUT2D eigenvalue weighted by atomic mass is 10.1. The van der Waals surface area contributed by atoms with Crippen LogP contribution in [0, 0.1) is 11.8 Å². The maximum atomic E-state index is 12.6. The number of carbonyl (C=O) groups excluding carboxylic acids is 1. The summed E-state index contributed by atoms with van der Waals surface area (Å²) in [5, 5.41) is 3.75. The average molecular weight is 388 g/mol. The number of fused-ring (bicyclic) bond motifs is 1. The van der Waals surface area contributed by atoms with Crippen LogP contribution in [0.25, 0.3) is 0 Å². The summed E-state index contributed by atoms with van der Waals surface area (Å²) < 4.78 is 5.70. The molecule has 0 aliphatic carbocycles. The molecule has 8 heteroatoms. The number of halogens is 1. The van der Waals surface area contributed by atoms with E-state index in [1.54, 1.807) is 12.1 Å². The lowest BCUT2D eigenvalue weighted by Gasteiger charge is -2.24. The monoisotopic (exact) mass is 387 g/mol. The molecule has 0 radical (unpaired) electrons. The lowest BCUT2D eigenvalue weighted by molar-refractivity contribution is -0.740. The molecular formula is C19H20ClN4O3+. The van der Waals surface area contributed by atoms with Crippen molar-refractivity contribution in [3.05, 3.63) is 63.1 Å². The molecule has 1 amide bonds. The molecular weight excluding hydrogens is 368 g/mol. The molecule has 140 valence electrons. The second-order valence-corrected chi connectivity index (χ2v) is 7.18. The third-order valence-corrected chi connectivity index (χ3v) is 5.30. The number of pyridine rings is 1. The predicted octanol–water partition coefficient (Wildman–Crippen LogP) is 3.21. The fraction of sp³-hybridized carbons (Fsp3) is 0.368. The van der Waals surface area contributed by atoms with Gasteiger partial charge in [0.25, 0.3) is 0 Å². The van der Waals surface area contributed by atoms with E-state index in [1.165, 1.54) is 16.3 Å². The molecule has 1 unspecified atom stereocenters. The highest BCUT2D eigenvalue weighted by Gasteiger charge is 2.55. The fourth-order valence-electron chi connectivity index (χ4n) is 3.41. The molecule has 7 nitrogen and oxygen atoms in total. The Balaban J connectivity index is 1.45. The van der Waals surface area contributed by atoms with Gasteiger partial charge in [-0.05, 0) is 48.1 Å². The first kappa shape index (κ1) is 17.7. The summed E-state index contributed by atoms with van der Waals surface area (Å²) in [6.45, 7) is 3.46. The van der Waals surface area contributed by atoms with Crippen LogP contribution >= 0.6 is 11.6 Å². The van der Waals surface area contributed by atoms with Gasteiger partial charge in [0.2, 0.25) is 5.88 Å². The van der Waals surface area contributed by atoms with E-state index in [0.29, 0.717) is 31.1 Å². The van der Waals surface area contributed by atoms with Crippen LogP contribution in [0.2, 0.25) is 5.02 Å². The minimum absolute atomic E-state index is 0.197. The highest BCUT2D eigenvalue weighted by Crippen LogP contribution is 2.31. The second-order valence-electron chi connectivity index (χ2n) is 6.77. The SMILES string of the molecule is Cc1cc(COc2ccc(C3C(=O)N4CCCCN4[N+]3=O)cn2)ccc1Cl. The van der Waals surface area contributed by atoms with Crippen LogP contribution in [0.15, 0.2) is 36.5 Å². The Kier molecular flexibility index (Phi) is 4.70. The zero-order valence-electron chi connectivity index (χ0n) is 15.0. The van der Waals surface area contributed by atoms with Gasteiger partial charge in [0.05, 0.1) is 10.5 Å². The van der Waals surface area contributed by atoms with Crippen molar-refractivity contribution in [1.82, 2.24) is 15.1 Å². The Morgan fingerprint density at radius 3 is 2.78 bits per heavy atom. The minimum atomic E-state index is -0.872. The van der Waals surface area contributed by atoms with E-state index in [9.17, 15) is 9.70 Å². The standard InChI is InChI=1S/C19H20ClN4O3/c1-13-10-14(4-6-16(13)20)12-27-17-7-5-15(11-21-17)18-19(25)22-8-2-3-9-23(22)24(18)26/h4-7,10-11,18H,2-3,8-9,12H2,1H3/q+1.